The zero-order valence-electron chi connectivity index (χ0n) is 12.6. The van der Waals surface area contributed by atoms with Gasteiger partial charge >= 0.3 is 11.9 Å². The van der Waals surface area contributed by atoms with Gasteiger partial charge in [0.25, 0.3) is 0 Å². The van der Waals surface area contributed by atoms with Crippen LogP contribution in [-0.4, -0.2) is 25.2 Å². The van der Waals surface area contributed by atoms with Crippen molar-refractivity contribution in [3.63, 3.8) is 0 Å². The standard InChI is InChI=1S/C16H22O4/c1-5-9-19-14(17)12-7-6-8-13(10-12)15(18)20-11-16(2,3)4/h6-8,10H,5,9,11H2,1-4H3. The van der Waals surface area contributed by atoms with Crippen LogP contribution in [0, 0.1) is 5.41 Å². The lowest BCUT2D eigenvalue weighted by molar-refractivity contribution is 0.0367. The first kappa shape index (κ1) is 16.2. The average molecular weight is 278 g/mol. The second-order valence-corrected chi connectivity index (χ2v) is 5.85. The van der Waals surface area contributed by atoms with Crippen LogP contribution in [0.2, 0.25) is 0 Å². The highest BCUT2D eigenvalue weighted by molar-refractivity contribution is 5.95. The summed E-state index contributed by atoms with van der Waals surface area (Å²) >= 11 is 0. The highest BCUT2D eigenvalue weighted by Gasteiger charge is 2.16. The molecule has 0 aliphatic rings. The molecule has 0 heterocycles. The Bertz CT molecular complexity index is 472. The predicted octanol–water partition coefficient (Wildman–Crippen LogP) is 3.46. The average Bonchev–Trinajstić information content (AvgIpc) is 2.41. The summed E-state index contributed by atoms with van der Waals surface area (Å²) in [7, 11) is 0. The third-order valence-electron chi connectivity index (χ3n) is 2.41. The lowest BCUT2D eigenvalue weighted by Gasteiger charge is -2.17. The molecule has 0 saturated carbocycles. The smallest absolute Gasteiger partial charge is 0.338 e. The molecule has 0 fully saturated rings. The van der Waals surface area contributed by atoms with Gasteiger partial charge in [-0.3, -0.25) is 0 Å². The highest BCUT2D eigenvalue weighted by Crippen LogP contribution is 2.15. The number of carbonyl (C=O) groups excluding carboxylic acids is 2. The molecule has 4 nitrogen and oxygen atoms in total. The fourth-order valence-corrected chi connectivity index (χ4v) is 1.42. The van der Waals surface area contributed by atoms with Crippen molar-refractivity contribution in [3.05, 3.63) is 35.4 Å². The first-order valence-electron chi connectivity index (χ1n) is 6.78. The van der Waals surface area contributed by atoms with Gasteiger partial charge in [-0.05, 0) is 30.0 Å². The zero-order chi connectivity index (χ0) is 15.2. The van der Waals surface area contributed by atoms with Crippen molar-refractivity contribution < 1.29 is 19.1 Å². The zero-order valence-corrected chi connectivity index (χ0v) is 12.6. The van der Waals surface area contributed by atoms with Crippen LogP contribution >= 0.6 is 0 Å². The Morgan fingerprint density at radius 2 is 1.60 bits per heavy atom. The fourth-order valence-electron chi connectivity index (χ4n) is 1.42. The summed E-state index contributed by atoms with van der Waals surface area (Å²) in [5, 5.41) is 0. The lowest BCUT2D eigenvalue weighted by atomic mass is 9.99. The van der Waals surface area contributed by atoms with Gasteiger partial charge < -0.3 is 9.47 Å². The van der Waals surface area contributed by atoms with Crippen LogP contribution in [0.4, 0.5) is 0 Å². The van der Waals surface area contributed by atoms with Crippen molar-refractivity contribution >= 4 is 11.9 Å². The first-order chi connectivity index (χ1) is 9.33. The summed E-state index contributed by atoms with van der Waals surface area (Å²) in [6.45, 7) is 8.58. The van der Waals surface area contributed by atoms with Crippen LogP contribution in [0.1, 0.15) is 54.8 Å². The van der Waals surface area contributed by atoms with E-state index in [1.807, 2.05) is 27.7 Å². The van der Waals surface area contributed by atoms with E-state index in [-0.39, 0.29) is 5.41 Å². The van der Waals surface area contributed by atoms with E-state index in [0.717, 1.165) is 6.42 Å². The van der Waals surface area contributed by atoms with Gasteiger partial charge in [-0.25, -0.2) is 9.59 Å². The van der Waals surface area contributed by atoms with Gasteiger partial charge in [0.2, 0.25) is 0 Å². The second kappa shape index (κ2) is 7.08. The van der Waals surface area contributed by atoms with E-state index < -0.39 is 11.9 Å². The third-order valence-corrected chi connectivity index (χ3v) is 2.41. The van der Waals surface area contributed by atoms with Crippen LogP contribution in [0.25, 0.3) is 0 Å². The van der Waals surface area contributed by atoms with Crippen molar-refractivity contribution in [1.82, 2.24) is 0 Å². The SMILES string of the molecule is CCCOC(=O)c1cccc(C(=O)OCC(C)(C)C)c1. The number of rotatable bonds is 5. The number of esters is 2. The molecule has 0 amide bonds. The molecule has 110 valence electrons. The van der Waals surface area contributed by atoms with Gasteiger partial charge in [0.05, 0.1) is 24.3 Å². The van der Waals surface area contributed by atoms with Gasteiger partial charge in [0.15, 0.2) is 0 Å². The number of carbonyl (C=O) groups is 2. The molecule has 0 saturated heterocycles. The topological polar surface area (TPSA) is 52.6 Å². The van der Waals surface area contributed by atoms with E-state index in [1.165, 1.54) is 6.07 Å². The minimum atomic E-state index is -0.426. The molecule has 20 heavy (non-hydrogen) atoms. The normalized spacial score (nSPS) is 11.0. The summed E-state index contributed by atoms with van der Waals surface area (Å²) in [4.78, 5) is 23.6. The molecule has 0 bridgehead atoms. The van der Waals surface area contributed by atoms with E-state index in [4.69, 9.17) is 9.47 Å². The summed E-state index contributed by atoms with van der Waals surface area (Å²) in [6, 6.07) is 6.40. The molecule has 0 aliphatic carbocycles. The van der Waals surface area contributed by atoms with Crippen LogP contribution in [0.5, 0.6) is 0 Å². The summed E-state index contributed by atoms with van der Waals surface area (Å²) in [6.07, 6.45) is 0.763. The summed E-state index contributed by atoms with van der Waals surface area (Å²) in [5.41, 5.74) is 0.636. The van der Waals surface area contributed by atoms with Gasteiger partial charge in [-0.2, -0.15) is 0 Å². The van der Waals surface area contributed by atoms with Gasteiger partial charge in [-0.15, -0.1) is 0 Å². The van der Waals surface area contributed by atoms with Crippen LogP contribution in [0.3, 0.4) is 0 Å². The van der Waals surface area contributed by atoms with Gasteiger partial charge in [0, 0.05) is 0 Å². The number of hydrogen-bond acceptors (Lipinski definition) is 4. The van der Waals surface area contributed by atoms with Crippen LogP contribution < -0.4 is 0 Å². The van der Waals surface area contributed by atoms with Crippen LogP contribution in [0.15, 0.2) is 24.3 Å². The van der Waals surface area contributed by atoms with E-state index >= 15 is 0 Å². The van der Waals surface area contributed by atoms with Gasteiger partial charge in [-0.1, -0.05) is 33.8 Å². The van der Waals surface area contributed by atoms with Crippen molar-refractivity contribution in [2.24, 2.45) is 5.41 Å². The third kappa shape index (κ3) is 5.43. The predicted molar refractivity (Wildman–Crippen MR) is 76.8 cm³/mol. The Morgan fingerprint density at radius 1 is 1.05 bits per heavy atom. The molecule has 4 heteroatoms. The molecule has 1 aromatic carbocycles. The van der Waals surface area contributed by atoms with E-state index in [1.54, 1.807) is 18.2 Å². The number of benzene rings is 1. The van der Waals surface area contributed by atoms with E-state index in [2.05, 4.69) is 0 Å². The maximum absolute atomic E-state index is 11.9. The number of ether oxygens (including phenoxy) is 2. The Labute approximate surface area is 120 Å². The summed E-state index contributed by atoms with van der Waals surface area (Å²) in [5.74, 6) is -0.845. The van der Waals surface area contributed by atoms with Crippen LogP contribution in [-0.2, 0) is 9.47 Å². The lowest BCUT2D eigenvalue weighted by Crippen LogP contribution is -2.18. The largest absolute Gasteiger partial charge is 0.462 e. The van der Waals surface area contributed by atoms with Crippen molar-refractivity contribution in [2.75, 3.05) is 13.2 Å². The van der Waals surface area contributed by atoms with Crippen molar-refractivity contribution in [2.45, 2.75) is 34.1 Å². The molecule has 0 N–H and O–H groups in total. The number of hydrogen-bond donors (Lipinski definition) is 0. The Kier molecular flexibility index (Phi) is 5.74. The maximum Gasteiger partial charge on any atom is 0.338 e. The molecule has 0 spiro atoms. The maximum atomic E-state index is 11.9. The van der Waals surface area contributed by atoms with E-state index in [9.17, 15) is 9.59 Å². The molecular formula is C16H22O4. The summed E-state index contributed by atoms with van der Waals surface area (Å²) < 4.78 is 10.3. The molecule has 1 rings (SSSR count). The van der Waals surface area contributed by atoms with Crippen molar-refractivity contribution in [3.8, 4) is 0 Å². The fraction of sp³-hybridized carbons (Fsp3) is 0.500. The molecule has 0 unspecified atom stereocenters. The van der Waals surface area contributed by atoms with Gasteiger partial charge in [0.1, 0.15) is 0 Å². The quantitative estimate of drug-likeness (QED) is 0.774. The molecule has 0 atom stereocenters. The Morgan fingerprint density at radius 3 is 2.10 bits per heavy atom. The molecule has 0 radical (unpaired) electrons. The first-order valence-corrected chi connectivity index (χ1v) is 6.78. The second-order valence-electron chi connectivity index (χ2n) is 5.85. The highest BCUT2D eigenvalue weighted by atomic mass is 16.5. The minimum Gasteiger partial charge on any atom is -0.462 e. The minimum absolute atomic E-state index is 0.0900. The molecular weight excluding hydrogens is 256 g/mol. The van der Waals surface area contributed by atoms with Crippen molar-refractivity contribution in [1.29, 1.82) is 0 Å². The Balaban J connectivity index is 2.72. The van der Waals surface area contributed by atoms with E-state index in [0.29, 0.717) is 24.3 Å². The molecule has 1 aromatic rings. The Hall–Kier alpha value is -1.84. The molecule has 0 aromatic heterocycles. The monoisotopic (exact) mass is 278 g/mol. The molecule has 0 aliphatic heterocycles.